The van der Waals surface area contributed by atoms with Gasteiger partial charge in [-0.25, -0.2) is 4.79 Å². The van der Waals surface area contributed by atoms with E-state index >= 15 is 0 Å². The Morgan fingerprint density at radius 1 is 1.27 bits per heavy atom. The van der Waals surface area contributed by atoms with Crippen molar-refractivity contribution in [1.82, 2.24) is 10.6 Å². The van der Waals surface area contributed by atoms with Crippen LogP contribution in [0.15, 0.2) is 30.3 Å². The van der Waals surface area contributed by atoms with Gasteiger partial charge in [-0.3, -0.25) is 0 Å². The summed E-state index contributed by atoms with van der Waals surface area (Å²) in [6, 6.07) is 8.82. The number of carbonyl (C=O) groups is 1. The molecule has 0 heterocycles. The molecule has 0 spiro atoms. The smallest absolute Gasteiger partial charge is 0.317 e. The molecule has 1 aromatic rings. The van der Waals surface area contributed by atoms with Crippen LogP contribution in [0.5, 0.6) is 5.75 Å². The van der Waals surface area contributed by atoms with Crippen molar-refractivity contribution in [3.63, 3.8) is 0 Å². The summed E-state index contributed by atoms with van der Waals surface area (Å²) in [7, 11) is 0. The third-order valence-corrected chi connectivity index (χ3v) is 1.61. The predicted molar refractivity (Wildman–Crippen MR) is 55.6 cm³/mol. The van der Waals surface area contributed by atoms with E-state index in [4.69, 9.17) is 9.84 Å². The molecule has 0 aliphatic rings. The van der Waals surface area contributed by atoms with Crippen molar-refractivity contribution in [1.29, 1.82) is 0 Å². The summed E-state index contributed by atoms with van der Waals surface area (Å²) in [5.74, 6) is 0.694. The van der Waals surface area contributed by atoms with E-state index in [1.54, 1.807) is 12.1 Å². The second-order valence-electron chi connectivity index (χ2n) is 2.76. The summed E-state index contributed by atoms with van der Waals surface area (Å²) in [6.45, 7) is 0.255. The Balaban J connectivity index is 2.14. The maximum Gasteiger partial charge on any atom is 0.317 e. The number of para-hydroxylation sites is 1. The molecule has 1 rings (SSSR count). The maximum absolute atomic E-state index is 11.0. The number of carbonyl (C=O) groups excluding carboxylic acids is 1. The molecule has 0 unspecified atom stereocenters. The predicted octanol–water partition coefficient (Wildman–Crippen LogP) is 0.314. The van der Waals surface area contributed by atoms with Crippen LogP contribution < -0.4 is 15.4 Å². The van der Waals surface area contributed by atoms with Gasteiger partial charge in [0.05, 0.1) is 6.61 Å². The lowest BCUT2D eigenvalue weighted by Crippen LogP contribution is -2.38. The molecule has 0 aliphatic heterocycles. The summed E-state index contributed by atoms with van der Waals surface area (Å²) >= 11 is 0. The van der Waals surface area contributed by atoms with E-state index in [1.807, 2.05) is 18.2 Å². The van der Waals surface area contributed by atoms with Crippen LogP contribution in [-0.2, 0) is 0 Å². The Kier molecular flexibility index (Phi) is 5.03. The van der Waals surface area contributed by atoms with Gasteiger partial charge in [-0.15, -0.1) is 0 Å². The summed E-state index contributed by atoms with van der Waals surface area (Å²) in [5.41, 5.74) is 0. The lowest BCUT2D eigenvalue weighted by atomic mass is 10.3. The summed E-state index contributed by atoms with van der Waals surface area (Å²) in [6.07, 6.45) is 0. The second-order valence-corrected chi connectivity index (χ2v) is 2.76. The fraction of sp³-hybridized carbons (Fsp3) is 0.300. The Bertz CT molecular complexity index is 290. The van der Waals surface area contributed by atoms with Crippen molar-refractivity contribution in [2.45, 2.75) is 0 Å². The van der Waals surface area contributed by atoms with Gasteiger partial charge < -0.3 is 20.5 Å². The summed E-state index contributed by atoms with van der Waals surface area (Å²) < 4.78 is 5.22. The molecule has 5 heteroatoms. The Morgan fingerprint density at radius 3 is 2.67 bits per heavy atom. The van der Waals surface area contributed by atoms with Crippen LogP contribution >= 0.6 is 0 Å². The molecular weight excluding hydrogens is 196 g/mol. The first-order chi connectivity index (χ1) is 7.33. The fourth-order valence-corrected chi connectivity index (χ4v) is 0.934. The second kappa shape index (κ2) is 6.67. The third-order valence-electron chi connectivity index (χ3n) is 1.61. The van der Waals surface area contributed by atoms with Crippen LogP contribution in [0.3, 0.4) is 0 Å². The van der Waals surface area contributed by atoms with Gasteiger partial charge in [0.25, 0.3) is 0 Å². The highest BCUT2D eigenvalue weighted by Crippen LogP contribution is 2.06. The van der Waals surface area contributed by atoms with E-state index in [9.17, 15) is 4.79 Å². The first-order valence-corrected chi connectivity index (χ1v) is 4.63. The van der Waals surface area contributed by atoms with Crippen LogP contribution in [0, 0.1) is 0 Å². The highest BCUT2D eigenvalue weighted by atomic mass is 16.5. The highest BCUT2D eigenvalue weighted by Gasteiger charge is 1.97. The molecule has 0 aromatic heterocycles. The summed E-state index contributed by atoms with van der Waals surface area (Å²) in [5, 5.41) is 13.4. The number of ether oxygens (including phenoxy) is 1. The van der Waals surface area contributed by atoms with Gasteiger partial charge >= 0.3 is 6.03 Å². The number of aliphatic hydroxyl groups excluding tert-OH is 1. The first-order valence-electron chi connectivity index (χ1n) is 4.63. The minimum absolute atomic E-state index is 0.0764. The quantitative estimate of drug-likeness (QED) is 0.613. The highest BCUT2D eigenvalue weighted by molar-refractivity contribution is 5.73. The van der Waals surface area contributed by atoms with Crippen molar-refractivity contribution in [2.24, 2.45) is 0 Å². The van der Waals surface area contributed by atoms with Gasteiger partial charge in [-0.2, -0.15) is 0 Å². The zero-order valence-corrected chi connectivity index (χ0v) is 8.27. The number of urea groups is 1. The molecule has 0 radical (unpaired) electrons. The molecule has 0 atom stereocenters. The molecule has 15 heavy (non-hydrogen) atoms. The first kappa shape index (κ1) is 11.3. The molecule has 1 aromatic carbocycles. The Hall–Kier alpha value is -1.75. The molecule has 3 N–H and O–H groups in total. The van der Waals surface area contributed by atoms with Crippen LogP contribution in [0.2, 0.25) is 0 Å². The van der Waals surface area contributed by atoms with Gasteiger partial charge in [0.1, 0.15) is 5.75 Å². The molecule has 0 saturated carbocycles. The summed E-state index contributed by atoms with van der Waals surface area (Å²) in [4.78, 5) is 11.0. The van der Waals surface area contributed by atoms with Crippen molar-refractivity contribution < 1.29 is 14.6 Å². The van der Waals surface area contributed by atoms with Crippen LogP contribution in [-0.4, -0.2) is 31.0 Å². The SMILES string of the molecule is O=C(NCCO)NCOc1ccccc1. The van der Waals surface area contributed by atoms with Crippen molar-refractivity contribution in [2.75, 3.05) is 19.9 Å². The number of hydrogen-bond donors (Lipinski definition) is 3. The lowest BCUT2D eigenvalue weighted by molar-refractivity contribution is 0.219. The molecule has 0 bridgehead atoms. The molecular formula is C10H14N2O3. The maximum atomic E-state index is 11.0. The van der Waals surface area contributed by atoms with E-state index in [-0.39, 0.29) is 25.9 Å². The molecule has 5 nitrogen and oxygen atoms in total. The zero-order valence-electron chi connectivity index (χ0n) is 8.27. The molecule has 0 saturated heterocycles. The van der Waals surface area contributed by atoms with Gasteiger partial charge in [-0.05, 0) is 12.1 Å². The average molecular weight is 210 g/mol. The van der Waals surface area contributed by atoms with Crippen LogP contribution in [0.1, 0.15) is 0 Å². The fourth-order valence-electron chi connectivity index (χ4n) is 0.934. The minimum Gasteiger partial charge on any atom is -0.473 e. The minimum atomic E-state index is -0.361. The largest absolute Gasteiger partial charge is 0.473 e. The van der Waals surface area contributed by atoms with Crippen LogP contribution in [0.25, 0.3) is 0 Å². The number of hydrogen-bond acceptors (Lipinski definition) is 3. The van der Waals surface area contributed by atoms with E-state index in [2.05, 4.69) is 10.6 Å². The number of rotatable bonds is 5. The van der Waals surface area contributed by atoms with Crippen LogP contribution in [0.4, 0.5) is 4.79 Å². The molecule has 0 aliphatic carbocycles. The van der Waals surface area contributed by atoms with E-state index in [0.29, 0.717) is 5.75 Å². The average Bonchev–Trinajstić information content (AvgIpc) is 2.28. The lowest BCUT2D eigenvalue weighted by Gasteiger charge is -2.08. The third kappa shape index (κ3) is 4.87. The zero-order chi connectivity index (χ0) is 10.9. The number of nitrogens with one attached hydrogen (secondary N) is 2. The van der Waals surface area contributed by atoms with E-state index in [0.717, 1.165) is 0 Å². The number of amides is 2. The molecule has 2 amide bonds. The van der Waals surface area contributed by atoms with E-state index < -0.39 is 0 Å². The van der Waals surface area contributed by atoms with Gasteiger partial charge in [0, 0.05) is 6.54 Å². The number of benzene rings is 1. The van der Waals surface area contributed by atoms with Gasteiger partial charge in [-0.1, -0.05) is 18.2 Å². The normalized spacial score (nSPS) is 9.40. The van der Waals surface area contributed by atoms with Gasteiger partial charge in [0.15, 0.2) is 6.73 Å². The van der Waals surface area contributed by atoms with Crippen molar-refractivity contribution in [3.05, 3.63) is 30.3 Å². The Morgan fingerprint density at radius 2 is 2.00 bits per heavy atom. The van der Waals surface area contributed by atoms with E-state index in [1.165, 1.54) is 0 Å². The van der Waals surface area contributed by atoms with Gasteiger partial charge in [0.2, 0.25) is 0 Å². The van der Waals surface area contributed by atoms with Crippen molar-refractivity contribution >= 4 is 6.03 Å². The molecule has 82 valence electrons. The topological polar surface area (TPSA) is 70.6 Å². The molecule has 0 fully saturated rings. The number of aliphatic hydroxyl groups is 1. The standard InChI is InChI=1S/C10H14N2O3/c13-7-6-11-10(14)12-8-15-9-4-2-1-3-5-9/h1-5,13H,6-8H2,(H2,11,12,14). The monoisotopic (exact) mass is 210 g/mol. The Labute approximate surface area is 88.1 Å². The van der Waals surface area contributed by atoms with Crippen molar-refractivity contribution in [3.8, 4) is 5.75 Å².